The summed E-state index contributed by atoms with van der Waals surface area (Å²) in [6, 6.07) is 14.7. The molecule has 2 aliphatic heterocycles. The molecule has 0 bridgehead atoms. The van der Waals surface area contributed by atoms with Crippen molar-refractivity contribution in [3.05, 3.63) is 71.9 Å². The molecule has 1 aromatic carbocycles. The minimum atomic E-state index is 0.160. The van der Waals surface area contributed by atoms with Crippen molar-refractivity contribution in [2.75, 3.05) is 11.4 Å². The Hall–Kier alpha value is -3.65. The third-order valence-electron chi connectivity index (χ3n) is 7.38. The maximum absolute atomic E-state index is 5.23. The lowest BCUT2D eigenvalue weighted by atomic mass is 10.1. The van der Waals surface area contributed by atoms with Crippen molar-refractivity contribution >= 4 is 27.4 Å². The van der Waals surface area contributed by atoms with Gasteiger partial charge in [-0.05, 0) is 43.4 Å². The first-order valence-corrected chi connectivity index (χ1v) is 13.7. The van der Waals surface area contributed by atoms with Crippen LogP contribution in [0, 0.1) is 0 Å². The van der Waals surface area contributed by atoms with Gasteiger partial charge in [0, 0.05) is 48.4 Å². The number of fused-ring (bicyclic) bond motifs is 2. The fourth-order valence-electron chi connectivity index (χ4n) is 5.63. The number of thiophene rings is 1. The first kappa shape index (κ1) is 21.6. The van der Waals surface area contributed by atoms with Crippen molar-refractivity contribution in [2.24, 2.45) is 0 Å². The zero-order valence-corrected chi connectivity index (χ0v) is 20.9. The van der Waals surface area contributed by atoms with Gasteiger partial charge in [0.2, 0.25) is 0 Å². The summed E-state index contributed by atoms with van der Waals surface area (Å²) in [5.74, 6) is 3.94. The molecule has 5 aromatic rings. The molecule has 6 heterocycles. The number of hydrogen-bond donors (Lipinski definition) is 0. The van der Waals surface area contributed by atoms with E-state index >= 15 is 0 Å². The quantitative estimate of drug-likeness (QED) is 0.302. The predicted molar refractivity (Wildman–Crippen MR) is 143 cm³/mol. The Bertz CT molecular complexity index is 1510. The molecular formula is C28H27N7S. The number of hydrogen-bond acceptors (Lipinski definition) is 7. The summed E-state index contributed by atoms with van der Waals surface area (Å²) >= 11 is 1.68. The van der Waals surface area contributed by atoms with E-state index in [1.54, 1.807) is 17.5 Å². The van der Waals surface area contributed by atoms with Crippen molar-refractivity contribution in [1.29, 1.82) is 0 Å². The molecule has 0 spiro atoms. The molecule has 0 saturated carbocycles. The molecule has 7 nitrogen and oxygen atoms in total. The van der Waals surface area contributed by atoms with Crippen LogP contribution in [-0.4, -0.2) is 36.3 Å². The summed E-state index contributed by atoms with van der Waals surface area (Å²) in [7, 11) is 0. The number of anilines is 1. The number of aryl methyl sites for hydroxylation is 1. The minimum absolute atomic E-state index is 0.160. The van der Waals surface area contributed by atoms with Gasteiger partial charge in [-0.15, -0.1) is 21.5 Å². The maximum Gasteiger partial charge on any atom is 0.164 e. The fourth-order valence-corrected chi connectivity index (χ4v) is 6.57. The van der Waals surface area contributed by atoms with Gasteiger partial charge in [-0.2, -0.15) is 0 Å². The van der Waals surface area contributed by atoms with Gasteiger partial charge in [0.05, 0.1) is 11.4 Å². The minimum Gasteiger partial charge on any atom is -0.346 e. The van der Waals surface area contributed by atoms with Crippen LogP contribution in [0.25, 0.3) is 32.7 Å². The molecule has 8 heteroatoms. The second-order valence-corrected chi connectivity index (χ2v) is 10.5. The average Bonchev–Trinajstić information content (AvgIpc) is 3.64. The Morgan fingerprint density at radius 3 is 2.67 bits per heavy atom. The first-order chi connectivity index (χ1) is 17.9. The summed E-state index contributed by atoms with van der Waals surface area (Å²) in [4.78, 5) is 18.0. The highest BCUT2D eigenvalue weighted by Gasteiger charge is 2.34. The molecule has 4 aromatic heterocycles. The number of nitrogens with zero attached hydrogens (tertiary/aromatic N) is 7. The lowest BCUT2D eigenvalue weighted by Crippen LogP contribution is -2.27. The Balaban J connectivity index is 1.41. The van der Waals surface area contributed by atoms with E-state index in [-0.39, 0.29) is 6.04 Å². The molecule has 0 aliphatic carbocycles. The summed E-state index contributed by atoms with van der Waals surface area (Å²) in [6.07, 6.45) is 10.5. The molecule has 1 atom stereocenters. The molecule has 2 aliphatic rings. The topological polar surface area (TPSA) is 72.6 Å². The van der Waals surface area contributed by atoms with Gasteiger partial charge < -0.3 is 9.47 Å². The highest BCUT2D eigenvalue weighted by molar-refractivity contribution is 7.17. The van der Waals surface area contributed by atoms with Crippen LogP contribution in [0.5, 0.6) is 0 Å². The van der Waals surface area contributed by atoms with Crippen molar-refractivity contribution in [1.82, 2.24) is 29.7 Å². The first-order valence-electron chi connectivity index (χ1n) is 12.8. The summed E-state index contributed by atoms with van der Waals surface area (Å²) in [6.45, 7) is 1.95. The second-order valence-electron chi connectivity index (χ2n) is 9.60. The van der Waals surface area contributed by atoms with Gasteiger partial charge in [-0.1, -0.05) is 36.8 Å². The molecule has 0 amide bonds. The normalized spacial score (nSPS) is 17.9. The number of aromatic nitrogens is 6. The van der Waals surface area contributed by atoms with Gasteiger partial charge in [-0.3, -0.25) is 4.98 Å². The van der Waals surface area contributed by atoms with Crippen molar-refractivity contribution in [3.8, 4) is 22.5 Å². The van der Waals surface area contributed by atoms with Crippen LogP contribution in [0.4, 0.5) is 5.82 Å². The lowest BCUT2D eigenvalue weighted by molar-refractivity contribution is 0.558. The Kier molecular flexibility index (Phi) is 5.46. The zero-order chi connectivity index (χ0) is 23.9. The fraction of sp³-hybridized carbons (Fsp3) is 0.321. The Morgan fingerprint density at radius 1 is 0.861 bits per heavy atom. The number of pyridine rings is 1. The van der Waals surface area contributed by atoms with E-state index in [2.05, 4.69) is 55.3 Å². The maximum atomic E-state index is 5.23. The molecule has 7 rings (SSSR count). The van der Waals surface area contributed by atoms with Gasteiger partial charge in [0.1, 0.15) is 16.5 Å². The number of rotatable bonds is 4. The molecule has 1 saturated heterocycles. The van der Waals surface area contributed by atoms with Crippen LogP contribution >= 0.6 is 11.3 Å². The van der Waals surface area contributed by atoms with Crippen LogP contribution in [0.2, 0.25) is 0 Å². The summed E-state index contributed by atoms with van der Waals surface area (Å²) < 4.78 is 2.39. The molecule has 0 radical (unpaired) electrons. The van der Waals surface area contributed by atoms with E-state index in [0.717, 1.165) is 71.4 Å². The van der Waals surface area contributed by atoms with Gasteiger partial charge in [0.15, 0.2) is 11.6 Å². The van der Waals surface area contributed by atoms with E-state index in [1.807, 2.05) is 18.3 Å². The standard InChI is InChI=1S/C28H27N7S/c1-3-9-19(10-4-1)21-18-36-28-24(21)27(30-25(31-28)20-11-7-14-29-17-20)34-16-8-12-22(34)26-33-32-23-13-5-2-6-15-35(23)26/h1,3-4,7,9-11,14,17-18,22H,2,5-6,8,12-13,15-16H2. The third-order valence-corrected chi connectivity index (χ3v) is 8.25. The SMILES string of the molecule is c1ccc(-c2csc3nc(-c4cccnc4)nc(N4CCCC4c4nnc5n4CCCCC5)c23)cc1. The van der Waals surface area contributed by atoms with Crippen LogP contribution in [0.1, 0.15) is 49.8 Å². The molecule has 1 fully saturated rings. The van der Waals surface area contributed by atoms with E-state index in [9.17, 15) is 0 Å². The molecular weight excluding hydrogens is 466 g/mol. The summed E-state index contributed by atoms with van der Waals surface area (Å²) in [5.41, 5.74) is 3.31. The third kappa shape index (κ3) is 3.67. The largest absolute Gasteiger partial charge is 0.346 e. The molecule has 1 unspecified atom stereocenters. The second kappa shape index (κ2) is 9.09. The van der Waals surface area contributed by atoms with Crippen molar-refractivity contribution < 1.29 is 0 Å². The van der Waals surface area contributed by atoms with Crippen LogP contribution in [0.3, 0.4) is 0 Å². The Morgan fingerprint density at radius 2 is 1.78 bits per heavy atom. The van der Waals surface area contributed by atoms with E-state index < -0.39 is 0 Å². The van der Waals surface area contributed by atoms with Crippen molar-refractivity contribution in [3.63, 3.8) is 0 Å². The smallest absolute Gasteiger partial charge is 0.164 e. The van der Waals surface area contributed by atoms with E-state index in [4.69, 9.17) is 15.1 Å². The van der Waals surface area contributed by atoms with Crippen LogP contribution in [-0.2, 0) is 13.0 Å². The lowest BCUT2D eigenvalue weighted by Gasteiger charge is -2.27. The van der Waals surface area contributed by atoms with Gasteiger partial charge in [-0.25, -0.2) is 9.97 Å². The van der Waals surface area contributed by atoms with E-state index in [0.29, 0.717) is 0 Å². The van der Waals surface area contributed by atoms with Crippen molar-refractivity contribution in [2.45, 2.75) is 51.1 Å². The van der Waals surface area contributed by atoms with E-state index in [1.165, 1.54) is 30.4 Å². The highest BCUT2D eigenvalue weighted by Crippen LogP contribution is 2.44. The van der Waals surface area contributed by atoms with Crippen LogP contribution < -0.4 is 4.90 Å². The monoisotopic (exact) mass is 493 g/mol. The average molecular weight is 494 g/mol. The zero-order valence-electron chi connectivity index (χ0n) is 20.0. The van der Waals surface area contributed by atoms with Gasteiger partial charge >= 0.3 is 0 Å². The van der Waals surface area contributed by atoms with Crippen LogP contribution in [0.15, 0.2) is 60.2 Å². The van der Waals surface area contributed by atoms with Gasteiger partial charge in [0.25, 0.3) is 0 Å². The predicted octanol–water partition coefficient (Wildman–Crippen LogP) is 6.08. The molecule has 36 heavy (non-hydrogen) atoms. The highest BCUT2D eigenvalue weighted by atomic mass is 32.1. The molecule has 180 valence electrons. The Labute approximate surface area is 213 Å². The molecule has 0 N–H and O–H groups in total. The summed E-state index contributed by atoms with van der Waals surface area (Å²) in [5, 5.41) is 12.7. The number of benzene rings is 1.